The number of carbonyl (C=O) groups excluding carboxylic acids is 2. The lowest BCUT2D eigenvalue weighted by Crippen LogP contribution is -2.47. The number of rotatable bonds is 36. The van der Waals surface area contributed by atoms with Gasteiger partial charge in [0.05, 0.1) is 20.6 Å². The average molecular weight is 662 g/mol. The van der Waals surface area contributed by atoms with Gasteiger partial charge in [0.25, 0.3) is 0 Å². The molecule has 1 unspecified atom stereocenters. The van der Waals surface area contributed by atoms with Gasteiger partial charge in [0.2, 0.25) is 0 Å². The topological polar surface area (TPSA) is 66.4 Å². The largest absolute Gasteiger partial charge is 0.550 e. The van der Waals surface area contributed by atoms with Crippen molar-refractivity contribution < 1.29 is 23.9 Å². The van der Waals surface area contributed by atoms with Gasteiger partial charge >= 0.3 is 5.97 Å². The minimum Gasteiger partial charge on any atom is -0.550 e. The molecule has 0 fully saturated rings. The maximum absolute atomic E-state index is 12.8. The average Bonchev–Trinajstić information content (AvgIpc) is 3.02. The van der Waals surface area contributed by atoms with E-state index in [1.165, 1.54) is 128 Å². The number of aliphatic carboxylic acids is 1. The number of hydrogen-bond acceptors (Lipinski definition) is 4. The van der Waals surface area contributed by atoms with Crippen LogP contribution in [0.3, 0.4) is 0 Å². The fourth-order valence-electron chi connectivity index (χ4n) is 6.37. The summed E-state index contributed by atoms with van der Waals surface area (Å²) in [4.78, 5) is 23.7. The molecule has 0 saturated heterocycles. The monoisotopic (exact) mass is 662 g/mol. The highest BCUT2D eigenvalue weighted by Gasteiger charge is 2.24. The number of carboxylic acid groups (broad SMARTS) is 1. The first-order valence-corrected chi connectivity index (χ1v) is 20.3. The Hall–Kier alpha value is -1.62. The molecular formula is C42H79NO4. The summed E-state index contributed by atoms with van der Waals surface area (Å²) in [6, 6.07) is 0. The van der Waals surface area contributed by atoms with E-state index in [1.807, 2.05) is 0 Å². The molecular weight excluding hydrogens is 582 g/mol. The summed E-state index contributed by atoms with van der Waals surface area (Å²) in [5.41, 5.74) is 0. The first kappa shape index (κ1) is 45.4. The molecule has 47 heavy (non-hydrogen) atoms. The molecule has 5 heteroatoms. The van der Waals surface area contributed by atoms with Crippen molar-refractivity contribution >= 4 is 11.9 Å². The Labute approximate surface area is 293 Å². The molecule has 0 radical (unpaired) electrons. The van der Waals surface area contributed by atoms with Crippen molar-refractivity contribution in [3.8, 4) is 0 Å². The van der Waals surface area contributed by atoms with Crippen LogP contribution >= 0.6 is 0 Å². The molecule has 0 bridgehead atoms. The molecule has 276 valence electrons. The van der Waals surface area contributed by atoms with Crippen LogP contribution in [0.25, 0.3) is 0 Å². The highest BCUT2D eigenvalue weighted by Crippen LogP contribution is 2.17. The first-order chi connectivity index (χ1) is 22.8. The molecule has 0 N–H and O–H groups in total. The van der Waals surface area contributed by atoms with Gasteiger partial charge in [-0.15, -0.1) is 0 Å². The summed E-state index contributed by atoms with van der Waals surface area (Å²) < 4.78 is 6.71. The van der Waals surface area contributed by atoms with E-state index in [9.17, 15) is 14.7 Å². The number of allylic oxidation sites excluding steroid dienone is 4. The minimum atomic E-state index is -0.993. The van der Waals surface area contributed by atoms with E-state index in [0.29, 0.717) is 17.3 Å². The second-order valence-electron chi connectivity index (χ2n) is 14.8. The van der Waals surface area contributed by atoms with E-state index < -0.39 is 5.97 Å². The van der Waals surface area contributed by atoms with Crippen molar-refractivity contribution in [1.29, 1.82) is 0 Å². The predicted octanol–water partition coefficient (Wildman–Crippen LogP) is 11.2. The predicted molar refractivity (Wildman–Crippen MR) is 200 cm³/mol. The summed E-state index contributed by atoms with van der Waals surface area (Å²) in [6.07, 6.45) is 42.7. The third-order valence-electron chi connectivity index (χ3n) is 9.35. The summed E-state index contributed by atoms with van der Waals surface area (Å²) >= 11 is 0. The second-order valence-corrected chi connectivity index (χ2v) is 14.8. The molecule has 0 aliphatic rings. The van der Waals surface area contributed by atoms with Crippen LogP contribution < -0.4 is 5.11 Å². The van der Waals surface area contributed by atoms with Crippen LogP contribution in [0.4, 0.5) is 0 Å². The molecule has 0 heterocycles. The van der Waals surface area contributed by atoms with Crippen molar-refractivity contribution in [3.05, 3.63) is 24.3 Å². The van der Waals surface area contributed by atoms with Crippen LogP contribution in [0.2, 0.25) is 0 Å². The molecule has 1 atom stereocenters. The van der Waals surface area contributed by atoms with Gasteiger partial charge in [-0.25, -0.2) is 0 Å². The highest BCUT2D eigenvalue weighted by atomic mass is 16.5. The molecule has 0 amide bonds. The number of ether oxygens (including phenoxy) is 1. The van der Waals surface area contributed by atoms with Crippen LogP contribution in [-0.4, -0.2) is 49.7 Å². The van der Waals surface area contributed by atoms with Crippen LogP contribution in [0.5, 0.6) is 0 Å². The summed E-state index contributed by atoms with van der Waals surface area (Å²) in [5.74, 6) is -1.06. The number of esters is 1. The molecule has 0 spiro atoms. The summed E-state index contributed by atoms with van der Waals surface area (Å²) in [5, 5.41) is 10.9. The Balaban J connectivity index is 4.21. The van der Waals surface area contributed by atoms with Crippen LogP contribution in [-0.2, 0) is 14.3 Å². The third-order valence-corrected chi connectivity index (χ3v) is 9.35. The van der Waals surface area contributed by atoms with Gasteiger partial charge in [-0.2, -0.15) is 0 Å². The highest BCUT2D eigenvalue weighted by molar-refractivity contribution is 5.69. The van der Waals surface area contributed by atoms with Crippen LogP contribution in [0.1, 0.15) is 200 Å². The fourth-order valence-corrected chi connectivity index (χ4v) is 6.37. The zero-order chi connectivity index (χ0) is 34.7. The standard InChI is InChI=1S/C42H79NO4/c1-5-7-9-11-13-15-17-19-21-23-25-27-29-31-33-37-42(46)47-40(39-43(3,4)38-34-36-41(44)45)35-32-30-28-26-24-22-20-18-16-14-12-10-8-6-2/h13,15,19,21,40H,5-12,14,16-18,20,22-39H2,1-4H3/b15-13-,21-19-. The van der Waals surface area contributed by atoms with Crippen molar-refractivity contribution in [2.45, 2.75) is 206 Å². The summed E-state index contributed by atoms with van der Waals surface area (Å²) in [6.45, 7) is 6.00. The van der Waals surface area contributed by atoms with Gasteiger partial charge in [0.1, 0.15) is 6.54 Å². The fraction of sp³-hybridized carbons (Fsp3) is 0.857. The number of unbranched alkanes of at least 4 members (excludes halogenated alkanes) is 21. The normalized spacial score (nSPS) is 12.8. The van der Waals surface area contributed by atoms with Crippen LogP contribution in [0, 0.1) is 0 Å². The quantitative estimate of drug-likeness (QED) is 0.0290. The lowest BCUT2D eigenvalue weighted by molar-refractivity contribution is -0.893. The molecule has 0 aromatic heterocycles. The van der Waals surface area contributed by atoms with Gasteiger partial charge in [-0.1, -0.05) is 154 Å². The van der Waals surface area contributed by atoms with Gasteiger partial charge < -0.3 is 19.1 Å². The first-order valence-electron chi connectivity index (χ1n) is 20.3. The molecule has 0 aromatic rings. The maximum Gasteiger partial charge on any atom is 0.306 e. The second kappa shape index (κ2) is 34.3. The lowest BCUT2D eigenvalue weighted by atomic mass is 10.0. The Kier molecular flexibility index (Phi) is 33.1. The Bertz CT molecular complexity index is 760. The van der Waals surface area contributed by atoms with E-state index in [4.69, 9.17) is 4.74 Å². The number of nitrogens with zero attached hydrogens (tertiary/aromatic N) is 1. The van der Waals surface area contributed by atoms with Crippen LogP contribution in [0.15, 0.2) is 24.3 Å². The zero-order valence-corrected chi connectivity index (χ0v) is 31.9. The van der Waals surface area contributed by atoms with Gasteiger partial charge in [-0.05, 0) is 57.8 Å². The molecule has 0 aromatic carbocycles. The van der Waals surface area contributed by atoms with E-state index in [1.54, 1.807) is 0 Å². The number of quaternary nitrogens is 1. The Morgan fingerprint density at radius 2 is 1.02 bits per heavy atom. The molecule has 5 nitrogen and oxygen atoms in total. The third kappa shape index (κ3) is 35.5. The zero-order valence-electron chi connectivity index (χ0n) is 31.9. The number of hydrogen-bond donors (Lipinski definition) is 0. The van der Waals surface area contributed by atoms with E-state index >= 15 is 0 Å². The lowest BCUT2D eigenvalue weighted by Gasteiger charge is -2.33. The van der Waals surface area contributed by atoms with Gasteiger partial charge in [0, 0.05) is 18.8 Å². The molecule has 0 aliphatic carbocycles. The summed E-state index contributed by atoms with van der Waals surface area (Å²) in [7, 11) is 4.23. The number of likely N-dealkylation sites (N-methyl/N-ethyl adjacent to an activating group) is 1. The van der Waals surface area contributed by atoms with E-state index in [2.05, 4.69) is 52.2 Å². The van der Waals surface area contributed by atoms with E-state index in [-0.39, 0.29) is 18.5 Å². The van der Waals surface area contributed by atoms with Gasteiger partial charge in [-0.3, -0.25) is 4.79 Å². The Morgan fingerprint density at radius 1 is 0.574 bits per heavy atom. The number of carboxylic acids is 1. The molecule has 0 rings (SSSR count). The Morgan fingerprint density at radius 3 is 1.55 bits per heavy atom. The molecule has 0 aliphatic heterocycles. The van der Waals surface area contributed by atoms with E-state index in [0.717, 1.165) is 51.6 Å². The van der Waals surface area contributed by atoms with Gasteiger partial charge in [0.15, 0.2) is 6.10 Å². The molecule has 0 saturated carbocycles. The van der Waals surface area contributed by atoms with Crippen molar-refractivity contribution in [1.82, 2.24) is 0 Å². The minimum absolute atomic E-state index is 0.0687. The number of carbonyl (C=O) groups is 2. The van der Waals surface area contributed by atoms with Crippen molar-refractivity contribution in [2.24, 2.45) is 0 Å². The SMILES string of the molecule is CCCCC/C=C\C/C=C\CCCCCCCC(=O)OC(CCCCCCCCCCCCCCCC)C[N+](C)(C)CCCC(=O)[O-]. The maximum atomic E-state index is 12.8. The smallest absolute Gasteiger partial charge is 0.306 e. The van der Waals surface area contributed by atoms with Crippen molar-refractivity contribution in [3.63, 3.8) is 0 Å². The van der Waals surface area contributed by atoms with Crippen molar-refractivity contribution in [2.75, 3.05) is 27.2 Å².